The van der Waals surface area contributed by atoms with Crippen LogP contribution >= 0.6 is 0 Å². The monoisotopic (exact) mass is 518 g/mol. The van der Waals surface area contributed by atoms with Crippen LogP contribution in [0.5, 0.6) is 5.75 Å². The van der Waals surface area contributed by atoms with Crippen LogP contribution in [-0.2, 0) is 14.4 Å². The summed E-state index contributed by atoms with van der Waals surface area (Å²) in [5.74, 6) is 2.95. The largest absolute Gasteiger partial charge is 0.497 e. The summed E-state index contributed by atoms with van der Waals surface area (Å²) in [6.07, 6.45) is 13.4. The summed E-state index contributed by atoms with van der Waals surface area (Å²) in [5, 5.41) is 5.98. The number of carbonyl (C=O) groups is 3. The molecule has 6 nitrogen and oxygen atoms in total. The number of methoxy groups -OCH3 is 1. The first kappa shape index (κ1) is 26.7. The maximum Gasteiger partial charge on any atom is 0.244 e. The number of hydrogen-bond acceptors (Lipinski definition) is 4. The van der Waals surface area contributed by atoms with Crippen molar-refractivity contribution in [3.63, 3.8) is 0 Å². The quantitative estimate of drug-likeness (QED) is 0.389. The van der Waals surface area contributed by atoms with Crippen molar-refractivity contribution in [2.45, 2.75) is 65.2 Å². The summed E-state index contributed by atoms with van der Waals surface area (Å²) in [7, 11) is 1.62. The Morgan fingerprint density at radius 3 is 2.50 bits per heavy atom. The lowest BCUT2D eigenvalue weighted by atomic mass is 9.47. The van der Waals surface area contributed by atoms with Gasteiger partial charge in [-0.25, -0.2) is 0 Å². The maximum absolute atomic E-state index is 13.3. The van der Waals surface area contributed by atoms with E-state index in [0.29, 0.717) is 43.0 Å². The third-order valence-electron chi connectivity index (χ3n) is 10.5. The molecule has 4 aliphatic carbocycles. The van der Waals surface area contributed by atoms with Gasteiger partial charge in [0, 0.05) is 31.5 Å². The van der Waals surface area contributed by atoms with Crippen LogP contribution in [-0.4, -0.2) is 37.8 Å². The molecule has 5 rings (SSSR count). The topological polar surface area (TPSA) is 84.5 Å². The van der Waals surface area contributed by atoms with Gasteiger partial charge in [0.1, 0.15) is 5.75 Å². The molecule has 0 radical (unpaired) electrons. The Hall–Kier alpha value is -2.89. The van der Waals surface area contributed by atoms with Gasteiger partial charge in [0.15, 0.2) is 5.78 Å². The molecule has 6 atom stereocenters. The number of amides is 2. The summed E-state index contributed by atoms with van der Waals surface area (Å²) >= 11 is 0. The van der Waals surface area contributed by atoms with Gasteiger partial charge in [-0.2, -0.15) is 0 Å². The molecule has 1 aromatic rings. The van der Waals surface area contributed by atoms with E-state index in [2.05, 4.69) is 24.5 Å². The van der Waals surface area contributed by atoms with Crippen LogP contribution in [0, 0.1) is 34.5 Å². The fourth-order valence-electron chi connectivity index (χ4n) is 8.43. The minimum absolute atomic E-state index is 0.0387. The van der Waals surface area contributed by atoms with Crippen molar-refractivity contribution >= 4 is 23.7 Å². The molecule has 0 saturated heterocycles. The van der Waals surface area contributed by atoms with E-state index >= 15 is 0 Å². The van der Waals surface area contributed by atoms with Gasteiger partial charge in [0.05, 0.1) is 7.11 Å². The predicted molar refractivity (Wildman–Crippen MR) is 148 cm³/mol. The highest BCUT2D eigenvalue weighted by Gasteiger charge is 2.60. The molecule has 0 heterocycles. The van der Waals surface area contributed by atoms with Crippen molar-refractivity contribution in [3.05, 3.63) is 47.6 Å². The Morgan fingerprint density at radius 2 is 1.74 bits per heavy atom. The van der Waals surface area contributed by atoms with Crippen LogP contribution in [0.1, 0.15) is 70.8 Å². The van der Waals surface area contributed by atoms with E-state index in [1.807, 2.05) is 30.3 Å². The summed E-state index contributed by atoms with van der Waals surface area (Å²) < 4.78 is 5.15. The third kappa shape index (κ3) is 4.94. The highest BCUT2D eigenvalue weighted by molar-refractivity contribution is 5.92. The number of benzene rings is 1. The zero-order chi connectivity index (χ0) is 26.9. The predicted octanol–water partition coefficient (Wildman–Crippen LogP) is 5.09. The van der Waals surface area contributed by atoms with E-state index in [4.69, 9.17) is 4.74 Å². The lowest BCUT2D eigenvalue weighted by Crippen LogP contribution is -2.52. The number of carbonyl (C=O) groups excluding carboxylic acids is 3. The third-order valence-corrected chi connectivity index (χ3v) is 10.5. The molecule has 0 unspecified atom stereocenters. The fraction of sp³-hybridized carbons (Fsp3) is 0.594. The molecule has 0 aliphatic heterocycles. The van der Waals surface area contributed by atoms with Crippen LogP contribution < -0.4 is 15.4 Å². The molecule has 6 heteroatoms. The summed E-state index contributed by atoms with van der Waals surface area (Å²) in [6.45, 7) is 5.60. The molecule has 204 valence electrons. The van der Waals surface area contributed by atoms with Gasteiger partial charge in [0.2, 0.25) is 11.8 Å². The van der Waals surface area contributed by atoms with Gasteiger partial charge in [-0.1, -0.05) is 31.6 Å². The molecule has 3 saturated carbocycles. The molecule has 0 bridgehead atoms. The maximum atomic E-state index is 13.3. The summed E-state index contributed by atoms with van der Waals surface area (Å²) in [6, 6.07) is 7.50. The van der Waals surface area contributed by atoms with Crippen molar-refractivity contribution in [2.75, 3.05) is 20.2 Å². The van der Waals surface area contributed by atoms with Crippen LogP contribution in [0.3, 0.4) is 0 Å². The highest BCUT2D eigenvalue weighted by atomic mass is 16.5. The van der Waals surface area contributed by atoms with Gasteiger partial charge < -0.3 is 15.4 Å². The molecule has 0 aromatic heterocycles. The minimum Gasteiger partial charge on any atom is -0.497 e. The van der Waals surface area contributed by atoms with Gasteiger partial charge >= 0.3 is 0 Å². The van der Waals surface area contributed by atoms with E-state index in [1.165, 1.54) is 11.6 Å². The first-order chi connectivity index (χ1) is 18.2. The first-order valence-electron chi connectivity index (χ1n) is 14.4. The van der Waals surface area contributed by atoms with Crippen molar-refractivity contribution in [1.82, 2.24) is 10.6 Å². The smallest absolute Gasteiger partial charge is 0.244 e. The second-order valence-corrected chi connectivity index (χ2v) is 12.3. The Labute approximate surface area is 226 Å². The van der Waals surface area contributed by atoms with Crippen LogP contribution in [0.2, 0.25) is 0 Å². The average molecular weight is 519 g/mol. The lowest BCUT2D eigenvalue weighted by molar-refractivity contribution is -0.132. The van der Waals surface area contributed by atoms with Crippen LogP contribution in [0.25, 0.3) is 6.08 Å². The molecule has 4 aliphatic rings. The molecular weight excluding hydrogens is 476 g/mol. The normalized spacial score (nSPS) is 34.1. The van der Waals surface area contributed by atoms with E-state index in [1.54, 1.807) is 13.2 Å². The molecule has 1 aromatic carbocycles. The Bertz CT molecular complexity index is 1140. The van der Waals surface area contributed by atoms with Crippen molar-refractivity contribution in [2.24, 2.45) is 34.5 Å². The Morgan fingerprint density at radius 1 is 0.974 bits per heavy atom. The van der Waals surface area contributed by atoms with Gasteiger partial charge in [0.25, 0.3) is 0 Å². The number of allylic oxidation sites excluding steroid dienone is 1. The number of ether oxygens (including phenoxy) is 1. The van der Waals surface area contributed by atoms with E-state index in [9.17, 15) is 14.4 Å². The number of fused-ring (bicyclic) bond motifs is 5. The zero-order valence-electron chi connectivity index (χ0n) is 23.1. The number of nitrogens with one attached hydrogen (secondary N) is 2. The van der Waals surface area contributed by atoms with Gasteiger partial charge in [-0.15, -0.1) is 0 Å². The lowest BCUT2D eigenvalue weighted by Gasteiger charge is -2.58. The number of ketones is 1. The van der Waals surface area contributed by atoms with Crippen molar-refractivity contribution in [3.8, 4) is 5.75 Å². The first-order valence-corrected chi connectivity index (χ1v) is 14.4. The molecular formula is C32H42N2O4. The fourth-order valence-corrected chi connectivity index (χ4v) is 8.43. The molecule has 2 N–H and O–H groups in total. The number of rotatable bonds is 7. The highest BCUT2D eigenvalue weighted by Crippen LogP contribution is 2.66. The van der Waals surface area contributed by atoms with E-state index < -0.39 is 0 Å². The molecule has 0 spiro atoms. The van der Waals surface area contributed by atoms with Gasteiger partial charge in [-0.05, 0) is 103 Å². The second kappa shape index (κ2) is 10.7. The minimum atomic E-state index is -0.176. The number of hydrogen-bond donors (Lipinski definition) is 2. The van der Waals surface area contributed by atoms with E-state index in [0.717, 1.165) is 56.3 Å². The molecule has 2 amide bonds. The molecule has 3 fully saturated rings. The summed E-state index contributed by atoms with van der Waals surface area (Å²) in [4.78, 5) is 37.6. The summed E-state index contributed by atoms with van der Waals surface area (Å²) in [5.41, 5.74) is 2.52. The van der Waals surface area contributed by atoms with E-state index in [-0.39, 0.29) is 28.6 Å². The Kier molecular flexibility index (Phi) is 7.52. The van der Waals surface area contributed by atoms with Crippen LogP contribution in [0.15, 0.2) is 42.0 Å². The average Bonchev–Trinajstić information content (AvgIpc) is 3.28. The van der Waals surface area contributed by atoms with Crippen molar-refractivity contribution < 1.29 is 19.1 Å². The van der Waals surface area contributed by atoms with Crippen molar-refractivity contribution in [1.29, 1.82) is 0 Å². The second-order valence-electron chi connectivity index (χ2n) is 12.3. The SMILES string of the molecule is COc1ccc(/C=C/C(=O)NCCNC(=O)[C@H]2CC[C@H]3[C@@H]4CCC5=CC(=O)CC[C@]5(C)[C@H]4CC[C@]23C)cc1. The standard InChI is InChI=1S/C32H42N2O4/c1-31-16-14-23(35)20-22(31)7-10-25-26-11-12-28(32(26,2)17-15-27(25)31)30(37)34-19-18-33-29(36)13-6-21-4-8-24(38-3)9-5-21/h4-6,8-9,13,20,25-28H,7,10-12,14-19H2,1-3H3,(H,33,36)(H,34,37)/b13-6+/t25-,26-,27-,28+,31-,32-/m0/s1. The van der Waals surface area contributed by atoms with Crippen LogP contribution in [0.4, 0.5) is 0 Å². The molecule has 38 heavy (non-hydrogen) atoms. The van der Waals surface area contributed by atoms with Gasteiger partial charge in [-0.3, -0.25) is 14.4 Å². The Balaban J connectivity index is 1.12. The zero-order valence-corrected chi connectivity index (χ0v) is 23.1.